The number of ether oxygens (including phenoxy) is 2. The summed E-state index contributed by atoms with van der Waals surface area (Å²) in [4.78, 5) is 25.0. The van der Waals surface area contributed by atoms with Crippen molar-refractivity contribution in [2.24, 2.45) is 0 Å². The molecule has 0 bridgehead atoms. The number of esters is 2. The molecular weight excluding hydrogens is 352 g/mol. The molecule has 0 N–H and O–H groups in total. The van der Waals surface area contributed by atoms with Crippen LogP contribution in [0.1, 0.15) is 113 Å². The van der Waals surface area contributed by atoms with Crippen molar-refractivity contribution in [3.8, 4) is 0 Å². The summed E-state index contributed by atoms with van der Waals surface area (Å²) in [5.74, 6) is -0.735. The van der Waals surface area contributed by atoms with Crippen LogP contribution in [0.4, 0.5) is 0 Å². The van der Waals surface area contributed by atoms with Gasteiger partial charge < -0.3 is 9.47 Å². The average Bonchev–Trinajstić information content (AvgIpc) is 2.72. The lowest BCUT2D eigenvalue weighted by Gasteiger charge is -2.17. The predicted octanol–water partition coefficient (Wildman–Crippen LogP) is 6.72. The third-order valence-corrected chi connectivity index (χ3v) is 5.05. The van der Waals surface area contributed by atoms with Gasteiger partial charge in [-0.05, 0) is 56.7 Å². The van der Waals surface area contributed by atoms with Crippen LogP contribution in [0.15, 0.2) is 24.3 Å². The van der Waals surface area contributed by atoms with Crippen molar-refractivity contribution >= 4 is 11.9 Å². The lowest BCUT2D eigenvalue weighted by molar-refractivity contribution is 0.0266. The zero-order valence-electron chi connectivity index (χ0n) is 18.2. The van der Waals surface area contributed by atoms with Crippen LogP contribution in [0.5, 0.6) is 0 Å². The fourth-order valence-electron chi connectivity index (χ4n) is 3.15. The Morgan fingerprint density at radius 2 is 1.18 bits per heavy atom. The van der Waals surface area contributed by atoms with Crippen molar-refractivity contribution in [2.45, 2.75) is 104 Å². The highest BCUT2D eigenvalue weighted by Crippen LogP contribution is 2.16. The topological polar surface area (TPSA) is 52.6 Å². The molecule has 4 nitrogen and oxygen atoms in total. The Bertz CT molecular complexity index is 534. The van der Waals surface area contributed by atoms with Crippen LogP contribution in [0.25, 0.3) is 0 Å². The van der Waals surface area contributed by atoms with Gasteiger partial charge in [-0.2, -0.15) is 0 Å². The van der Waals surface area contributed by atoms with E-state index in [0.29, 0.717) is 11.1 Å². The maximum Gasteiger partial charge on any atom is 0.338 e. The molecule has 0 fully saturated rings. The minimum Gasteiger partial charge on any atom is -0.459 e. The monoisotopic (exact) mass is 390 g/mol. The molecule has 0 spiro atoms. The second kappa shape index (κ2) is 14.2. The number of carbonyl (C=O) groups excluding carboxylic acids is 2. The molecule has 0 aromatic heterocycles. The van der Waals surface area contributed by atoms with Gasteiger partial charge in [0.25, 0.3) is 0 Å². The summed E-state index contributed by atoms with van der Waals surface area (Å²) in [5, 5.41) is 0. The van der Waals surface area contributed by atoms with Crippen molar-refractivity contribution < 1.29 is 19.1 Å². The fraction of sp³-hybridized carbons (Fsp3) is 0.667. The van der Waals surface area contributed by atoms with E-state index in [1.54, 1.807) is 24.3 Å². The van der Waals surface area contributed by atoms with E-state index in [-0.39, 0.29) is 24.1 Å². The zero-order valence-corrected chi connectivity index (χ0v) is 18.2. The molecule has 0 unspecified atom stereocenters. The van der Waals surface area contributed by atoms with E-state index >= 15 is 0 Å². The molecule has 2 atom stereocenters. The predicted molar refractivity (Wildman–Crippen MR) is 114 cm³/mol. The van der Waals surface area contributed by atoms with Crippen molar-refractivity contribution in [3.63, 3.8) is 0 Å². The molecule has 0 radical (unpaired) electrons. The molecular formula is C24H38O4. The van der Waals surface area contributed by atoms with Crippen LogP contribution in [0, 0.1) is 0 Å². The maximum atomic E-state index is 12.5. The number of benzene rings is 1. The highest BCUT2D eigenvalue weighted by Gasteiger charge is 2.18. The van der Waals surface area contributed by atoms with Crippen LogP contribution in [0.2, 0.25) is 0 Å². The van der Waals surface area contributed by atoms with Gasteiger partial charge in [0, 0.05) is 0 Å². The summed E-state index contributed by atoms with van der Waals surface area (Å²) >= 11 is 0. The summed E-state index contributed by atoms with van der Waals surface area (Å²) in [6, 6.07) is 6.68. The summed E-state index contributed by atoms with van der Waals surface area (Å²) in [5.41, 5.74) is 0.810. The molecule has 158 valence electrons. The normalized spacial score (nSPS) is 13.0. The SMILES string of the molecule is CCCCC[C@@H](CC)OC(=O)c1cccc(C(=O)O[C@@H](CC)CCCCC)c1. The van der Waals surface area contributed by atoms with E-state index in [2.05, 4.69) is 13.8 Å². The Kier molecular flexibility index (Phi) is 12.3. The molecule has 1 rings (SSSR count). The minimum atomic E-state index is -0.368. The van der Waals surface area contributed by atoms with Gasteiger partial charge in [0.15, 0.2) is 0 Å². The van der Waals surface area contributed by atoms with Crippen LogP contribution < -0.4 is 0 Å². The Morgan fingerprint density at radius 3 is 1.54 bits per heavy atom. The number of carbonyl (C=O) groups is 2. The smallest absolute Gasteiger partial charge is 0.338 e. The van der Waals surface area contributed by atoms with E-state index in [4.69, 9.17) is 9.47 Å². The first-order chi connectivity index (χ1) is 13.5. The van der Waals surface area contributed by atoms with Gasteiger partial charge in [-0.1, -0.05) is 59.4 Å². The van der Waals surface area contributed by atoms with Gasteiger partial charge in [-0.3, -0.25) is 0 Å². The van der Waals surface area contributed by atoms with E-state index in [0.717, 1.165) is 64.2 Å². The molecule has 1 aromatic carbocycles. The highest BCUT2D eigenvalue weighted by molar-refractivity contribution is 5.95. The molecule has 0 aliphatic heterocycles. The second-order valence-corrected chi connectivity index (χ2v) is 7.44. The molecule has 0 saturated heterocycles. The summed E-state index contributed by atoms with van der Waals surface area (Å²) in [6.45, 7) is 8.37. The summed E-state index contributed by atoms with van der Waals surface area (Å²) in [7, 11) is 0. The van der Waals surface area contributed by atoms with Crippen molar-refractivity contribution in [1.29, 1.82) is 0 Å². The number of hydrogen-bond acceptors (Lipinski definition) is 4. The van der Waals surface area contributed by atoms with Gasteiger partial charge >= 0.3 is 11.9 Å². The first kappa shape index (κ1) is 24.2. The van der Waals surface area contributed by atoms with E-state index in [1.807, 2.05) is 13.8 Å². The van der Waals surface area contributed by atoms with Crippen LogP contribution in [-0.2, 0) is 9.47 Å². The van der Waals surface area contributed by atoms with Crippen molar-refractivity contribution in [1.82, 2.24) is 0 Å². The van der Waals surface area contributed by atoms with Gasteiger partial charge in [0.05, 0.1) is 11.1 Å². The average molecular weight is 391 g/mol. The fourth-order valence-corrected chi connectivity index (χ4v) is 3.15. The largest absolute Gasteiger partial charge is 0.459 e. The van der Waals surface area contributed by atoms with Crippen LogP contribution in [-0.4, -0.2) is 24.1 Å². The molecule has 0 saturated carbocycles. The van der Waals surface area contributed by atoms with Gasteiger partial charge in [-0.15, -0.1) is 0 Å². The lowest BCUT2D eigenvalue weighted by atomic mass is 10.1. The minimum absolute atomic E-state index is 0.0716. The van der Waals surface area contributed by atoms with Gasteiger partial charge in [0.2, 0.25) is 0 Å². The van der Waals surface area contributed by atoms with E-state index in [9.17, 15) is 9.59 Å². The van der Waals surface area contributed by atoms with Crippen LogP contribution >= 0.6 is 0 Å². The second-order valence-electron chi connectivity index (χ2n) is 7.44. The third-order valence-electron chi connectivity index (χ3n) is 5.05. The van der Waals surface area contributed by atoms with Crippen molar-refractivity contribution in [2.75, 3.05) is 0 Å². The standard InChI is InChI=1S/C24H38O4/c1-5-9-11-16-21(7-3)27-23(25)19-14-13-15-20(18-19)24(26)28-22(8-4)17-12-10-6-2/h13-15,18,21-22H,5-12,16-17H2,1-4H3/t21-,22+. The number of unbranched alkanes of at least 4 members (excludes halogenated alkanes) is 4. The van der Waals surface area contributed by atoms with Crippen molar-refractivity contribution in [3.05, 3.63) is 35.4 Å². The van der Waals surface area contributed by atoms with Crippen LogP contribution in [0.3, 0.4) is 0 Å². The highest BCUT2D eigenvalue weighted by atomic mass is 16.5. The number of hydrogen-bond donors (Lipinski definition) is 0. The molecule has 4 heteroatoms. The number of rotatable bonds is 14. The first-order valence-corrected chi connectivity index (χ1v) is 11.1. The Hall–Kier alpha value is -1.84. The molecule has 28 heavy (non-hydrogen) atoms. The molecule has 0 amide bonds. The molecule has 0 aliphatic carbocycles. The zero-order chi connectivity index (χ0) is 20.8. The quantitative estimate of drug-likeness (QED) is 0.261. The third kappa shape index (κ3) is 8.90. The maximum absolute atomic E-state index is 12.5. The van der Waals surface area contributed by atoms with E-state index in [1.165, 1.54) is 0 Å². The first-order valence-electron chi connectivity index (χ1n) is 11.1. The summed E-state index contributed by atoms with van der Waals surface area (Å²) in [6.07, 6.45) is 9.92. The molecule has 0 aliphatic rings. The molecule has 0 heterocycles. The lowest BCUT2D eigenvalue weighted by Crippen LogP contribution is -2.19. The Balaban J connectivity index is 2.68. The molecule has 1 aromatic rings. The Labute approximate surface area is 171 Å². The van der Waals surface area contributed by atoms with Gasteiger partial charge in [0.1, 0.15) is 12.2 Å². The van der Waals surface area contributed by atoms with E-state index < -0.39 is 0 Å². The Morgan fingerprint density at radius 1 is 0.750 bits per heavy atom. The summed E-state index contributed by atoms with van der Waals surface area (Å²) < 4.78 is 11.3. The van der Waals surface area contributed by atoms with Gasteiger partial charge in [-0.25, -0.2) is 9.59 Å².